The van der Waals surface area contributed by atoms with Crippen molar-refractivity contribution in [3.63, 3.8) is 0 Å². The average molecular weight is 544 g/mol. The van der Waals surface area contributed by atoms with Gasteiger partial charge >= 0.3 is 0 Å². The second kappa shape index (κ2) is 12.4. The molecule has 4 N–H and O–H groups in total. The molecule has 10 nitrogen and oxygen atoms in total. The molecule has 39 heavy (non-hydrogen) atoms. The topological polar surface area (TPSA) is 126 Å². The minimum atomic E-state index is -0.730. The summed E-state index contributed by atoms with van der Waals surface area (Å²) in [5.74, 6) is 1.07. The summed E-state index contributed by atoms with van der Waals surface area (Å²) in [6.07, 6.45) is 5.45. The number of likely N-dealkylation sites (tertiary alicyclic amines) is 1. The van der Waals surface area contributed by atoms with Gasteiger partial charge < -0.3 is 30.5 Å². The molecule has 0 amide bonds. The summed E-state index contributed by atoms with van der Waals surface area (Å²) in [5.41, 5.74) is 7.73. The number of nitrogen functional groups attached to an aromatic ring is 1. The third-order valence-electron chi connectivity index (χ3n) is 7.25. The second-order valence-electron chi connectivity index (χ2n) is 11.1. The fourth-order valence-corrected chi connectivity index (χ4v) is 5.39. The van der Waals surface area contributed by atoms with Crippen LogP contribution in [0.25, 0.3) is 11.0 Å². The van der Waals surface area contributed by atoms with Gasteiger partial charge in [-0.05, 0) is 69.8 Å². The van der Waals surface area contributed by atoms with E-state index in [0.29, 0.717) is 47.8 Å². The SMILES string of the molecule is CCCCN(CCO)c1nc(N)nc2cn(Cc3c(F)cc(C4CCN(CC(C)(C)O)CC4)cc3OC)nc12. The fourth-order valence-electron chi connectivity index (χ4n) is 5.39. The number of aliphatic hydroxyl groups is 2. The number of anilines is 2. The number of fused-ring (bicyclic) bond motifs is 1. The highest BCUT2D eigenvalue weighted by Crippen LogP contribution is 2.34. The molecule has 0 spiro atoms. The van der Waals surface area contributed by atoms with Crippen LogP contribution in [0.4, 0.5) is 16.2 Å². The van der Waals surface area contributed by atoms with E-state index in [-0.39, 0.29) is 30.8 Å². The van der Waals surface area contributed by atoms with E-state index < -0.39 is 5.60 Å². The number of aromatic nitrogens is 4. The first kappa shape index (κ1) is 29.0. The number of ether oxygens (including phenoxy) is 1. The van der Waals surface area contributed by atoms with Crippen LogP contribution in [0.5, 0.6) is 5.75 Å². The zero-order valence-electron chi connectivity index (χ0n) is 23.5. The van der Waals surface area contributed by atoms with Crippen molar-refractivity contribution in [2.75, 3.05) is 57.1 Å². The van der Waals surface area contributed by atoms with Gasteiger partial charge in [-0.25, -0.2) is 9.37 Å². The predicted octanol–water partition coefficient (Wildman–Crippen LogP) is 3.15. The van der Waals surface area contributed by atoms with Crippen molar-refractivity contribution in [2.45, 2.75) is 64.5 Å². The number of halogens is 1. The molecule has 0 bridgehead atoms. The smallest absolute Gasteiger partial charge is 0.222 e. The lowest BCUT2D eigenvalue weighted by Crippen LogP contribution is -2.42. The minimum Gasteiger partial charge on any atom is -0.496 e. The number of methoxy groups -OCH3 is 1. The fraction of sp³-hybridized carbons (Fsp3) is 0.607. The summed E-state index contributed by atoms with van der Waals surface area (Å²) < 4.78 is 22.8. The Bertz CT molecular complexity index is 1250. The van der Waals surface area contributed by atoms with Crippen molar-refractivity contribution in [3.8, 4) is 5.75 Å². The molecule has 11 heteroatoms. The van der Waals surface area contributed by atoms with E-state index in [9.17, 15) is 10.2 Å². The Morgan fingerprint density at radius 1 is 1.21 bits per heavy atom. The molecule has 1 saturated heterocycles. The van der Waals surface area contributed by atoms with Crippen molar-refractivity contribution in [1.29, 1.82) is 0 Å². The normalized spacial score (nSPS) is 15.3. The van der Waals surface area contributed by atoms with E-state index >= 15 is 4.39 Å². The molecule has 214 valence electrons. The van der Waals surface area contributed by atoms with Crippen LogP contribution >= 0.6 is 0 Å². The van der Waals surface area contributed by atoms with Crippen molar-refractivity contribution in [3.05, 3.63) is 35.3 Å². The number of hydrogen-bond donors (Lipinski definition) is 3. The Balaban J connectivity index is 1.57. The number of piperidine rings is 1. The van der Waals surface area contributed by atoms with E-state index in [1.807, 2.05) is 24.8 Å². The highest BCUT2D eigenvalue weighted by atomic mass is 19.1. The third kappa shape index (κ3) is 7.14. The standard InChI is InChI=1S/C28H42FN7O3/c1-5-6-9-35(12-13-37)26-25-23(31-27(30)32-26)17-36(33-25)16-21-22(29)14-20(15-24(21)39-4)19-7-10-34(11-8-19)18-28(2,3)38/h14-15,17,19,37-38H,5-13,16,18H2,1-4H3,(H2,30,31). The summed E-state index contributed by atoms with van der Waals surface area (Å²) in [7, 11) is 1.55. The monoisotopic (exact) mass is 543 g/mol. The molecule has 3 heterocycles. The zero-order chi connectivity index (χ0) is 28.2. The summed E-state index contributed by atoms with van der Waals surface area (Å²) in [5, 5.41) is 24.4. The van der Waals surface area contributed by atoms with Gasteiger partial charge in [-0.15, -0.1) is 0 Å². The highest BCUT2D eigenvalue weighted by molar-refractivity contribution is 5.86. The lowest BCUT2D eigenvalue weighted by molar-refractivity contribution is 0.0281. The molecule has 1 aliphatic rings. The number of nitrogens with two attached hydrogens (primary N) is 1. The Labute approximate surface area is 229 Å². The Hall–Kier alpha value is -3.02. The minimum absolute atomic E-state index is 0.0248. The van der Waals surface area contributed by atoms with E-state index in [4.69, 9.17) is 15.6 Å². The number of unbranched alkanes of at least 4 members (excludes halogenated alkanes) is 1. The van der Waals surface area contributed by atoms with Crippen LogP contribution in [0.15, 0.2) is 18.3 Å². The van der Waals surface area contributed by atoms with Gasteiger partial charge in [-0.2, -0.15) is 10.1 Å². The molecule has 2 aromatic heterocycles. The Morgan fingerprint density at radius 2 is 1.95 bits per heavy atom. The number of β-amino-alcohol motifs (C(OH)–C–C–N with tert-alkyl or cyclic N) is 1. The maximum Gasteiger partial charge on any atom is 0.222 e. The van der Waals surface area contributed by atoms with Crippen LogP contribution < -0.4 is 15.4 Å². The van der Waals surface area contributed by atoms with Crippen LogP contribution in [0.2, 0.25) is 0 Å². The number of hydrogen-bond acceptors (Lipinski definition) is 9. The van der Waals surface area contributed by atoms with E-state index in [1.54, 1.807) is 24.1 Å². The lowest BCUT2D eigenvalue weighted by atomic mass is 9.88. The number of benzene rings is 1. The molecular weight excluding hydrogens is 501 g/mol. The van der Waals surface area contributed by atoms with Gasteiger partial charge in [0, 0.05) is 19.6 Å². The van der Waals surface area contributed by atoms with Crippen LogP contribution in [0.3, 0.4) is 0 Å². The van der Waals surface area contributed by atoms with Gasteiger partial charge in [0.05, 0.1) is 37.6 Å². The number of aliphatic hydroxyl groups excluding tert-OH is 1. The summed E-state index contributed by atoms with van der Waals surface area (Å²) in [6.45, 7) is 9.33. The molecule has 0 saturated carbocycles. The molecule has 0 unspecified atom stereocenters. The first-order valence-electron chi connectivity index (χ1n) is 13.8. The van der Waals surface area contributed by atoms with Crippen LogP contribution in [-0.2, 0) is 6.54 Å². The van der Waals surface area contributed by atoms with Crippen LogP contribution in [0.1, 0.15) is 63.5 Å². The summed E-state index contributed by atoms with van der Waals surface area (Å²) in [4.78, 5) is 13.0. The summed E-state index contributed by atoms with van der Waals surface area (Å²) in [6, 6.07) is 3.56. The van der Waals surface area contributed by atoms with E-state index in [0.717, 1.165) is 44.3 Å². The predicted molar refractivity (Wildman–Crippen MR) is 151 cm³/mol. The molecule has 1 fully saturated rings. The molecular formula is C28H42FN7O3. The van der Waals surface area contributed by atoms with Crippen molar-refractivity contribution in [2.24, 2.45) is 0 Å². The largest absolute Gasteiger partial charge is 0.496 e. The molecule has 3 aromatic rings. The quantitative estimate of drug-likeness (QED) is 0.316. The zero-order valence-corrected chi connectivity index (χ0v) is 23.5. The number of rotatable bonds is 12. The van der Waals surface area contributed by atoms with Crippen molar-refractivity contribution >= 4 is 22.8 Å². The maximum absolute atomic E-state index is 15.6. The van der Waals surface area contributed by atoms with E-state index in [2.05, 4.69) is 21.8 Å². The summed E-state index contributed by atoms with van der Waals surface area (Å²) >= 11 is 0. The van der Waals surface area contributed by atoms with Crippen molar-refractivity contribution in [1.82, 2.24) is 24.6 Å². The first-order chi connectivity index (χ1) is 18.6. The van der Waals surface area contributed by atoms with Gasteiger partial charge in [0.1, 0.15) is 17.1 Å². The molecule has 0 atom stereocenters. The van der Waals surface area contributed by atoms with Gasteiger partial charge in [0.15, 0.2) is 11.3 Å². The van der Waals surface area contributed by atoms with Gasteiger partial charge in [-0.3, -0.25) is 4.68 Å². The average Bonchev–Trinajstić information content (AvgIpc) is 3.29. The van der Waals surface area contributed by atoms with Crippen molar-refractivity contribution < 1.29 is 19.3 Å². The maximum atomic E-state index is 15.6. The van der Waals surface area contributed by atoms with Gasteiger partial charge in [-0.1, -0.05) is 13.3 Å². The second-order valence-corrected chi connectivity index (χ2v) is 11.1. The van der Waals surface area contributed by atoms with Crippen LogP contribution in [-0.4, -0.2) is 86.9 Å². The van der Waals surface area contributed by atoms with Gasteiger partial charge in [0.25, 0.3) is 0 Å². The van der Waals surface area contributed by atoms with Gasteiger partial charge in [0.2, 0.25) is 5.95 Å². The number of nitrogens with zero attached hydrogens (tertiary/aromatic N) is 6. The first-order valence-corrected chi connectivity index (χ1v) is 13.8. The Morgan fingerprint density at radius 3 is 2.59 bits per heavy atom. The highest BCUT2D eigenvalue weighted by Gasteiger charge is 2.26. The Kier molecular flexibility index (Phi) is 9.24. The van der Waals surface area contributed by atoms with E-state index in [1.165, 1.54) is 0 Å². The van der Waals surface area contributed by atoms with Crippen LogP contribution in [0, 0.1) is 5.82 Å². The molecule has 0 radical (unpaired) electrons. The molecule has 0 aliphatic carbocycles. The third-order valence-corrected chi connectivity index (χ3v) is 7.25. The molecule has 1 aromatic carbocycles. The molecule has 4 rings (SSSR count). The molecule has 1 aliphatic heterocycles. The lowest BCUT2D eigenvalue weighted by Gasteiger charge is -2.35.